The zero-order valence-corrected chi connectivity index (χ0v) is 24.4. The summed E-state index contributed by atoms with van der Waals surface area (Å²) in [5.41, 5.74) is -0.664. The molecule has 11 nitrogen and oxygen atoms in total. The first kappa shape index (κ1) is 31.4. The number of ether oxygens (including phenoxy) is 4. The van der Waals surface area contributed by atoms with Crippen LogP contribution in [0.5, 0.6) is 0 Å². The molecule has 0 spiro atoms. The number of carbonyl (C=O) groups is 3. The predicted octanol–water partition coefficient (Wildman–Crippen LogP) is 5.08. The zero-order valence-electron chi connectivity index (χ0n) is 23.5. The molecule has 1 saturated heterocycles. The number of non-ortho nitro benzene ring substituents is 1. The molecular weight excluding hydrogens is 602 g/mol. The van der Waals surface area contributed by atoms with Crippen molar-refractivity contribution in [3.05, 3.63) is 142 Å². The Balaban J connectivity index is 1.54. The maximum absolute atomic E-state index is 13.4. The molecule has 0 unspecified atom stereocenters. The monoisotopic (exact) mass is 629 g/mol. The van der Waals surface area contributed by atoms with Crippen molar-refractivity contribution in [3.63, 3.8) is 0 Å². The fourth-order valence-electron chi connectivity index (χ4n) is 4.60. The van der Waals surface area contributed by atoms with E-state index in [1.807, 2.05) is 0 Å². The summed E-state index contributed by atoms with van der Waals surface area (Å²) < 4.78 is 23.9. The van der Waals surface area contributed by atoms with E-state index >= 15 is 0 Å². The smallest absolute Gasteiger partial charge is 0.338 e. The van der Waals surface area contributed by atoms with Gasteiger partial charge in [-0.15, -0.1) is 0 Å². The number of hydrogen-bond acceptors (Lipinski definition) is 11. The van der Waals surface area contributed by atoms with Gasteiger partial charge in [0.2, 0.25) is 0 Å². The summed E-state index contributed by atoms with van der Waals surface area (Å²) >= 11 is 1.03. The number of aliphatic hydroxyl groups is 1. The summed E-state index contributed by atoms with van der Waals surface area (Å²) in [5.74, 6) is -2.34. The van der Waals surface area contributed by atoms with E-state index in [0.717, 1.165) is 11.8 Å². The van der Waals surface area contributed by atoms with Crippen molar-refractivity contribution >= 4 is 35.4 Å². The van der Waals surface area contributed by atoms with Crippen LogP contribution in [-0.2, 0) is 18.9 Å². The largest absolute Gasteiger partial charge is 0.452 e. The molecule has 0 aromatic heterocycles. The second-order valence-corrected chi connectivity index (χ2v) is 11.0. The molecular formula is C33H27NO10S. The van der Waals surface area contributed by atoms with Gasteiger partial charge in [0.15, 0.2) is 18.3 Å². The first-order chi connectivity index (χ1) is 21.8. The highest BCUT2D eigenvalue weighted by Crippen LogP contribution is 2.38. The van der Waals surface area contributed by atoms with Crippen LogP contribution in [0, 0.1) is 10.1 Å². The van der Waals surface area contributed by atoms with Gasteiger partial charge in [0.05, 0.1) is 28.2 Å². The quantitative estimate of drug-likeness (QED) is 0.108. The first-order valence-electron chi connectivity index (χ1n) is 13.8. The van der Waals surface area contributed by atoms with Crippen molar-refractivity contribution in [2.75, 3.05) is 6.61 Å². The third-order valence-electron chi connectivity index (χ3n) is 6.83. The summed E-state index contributed by atoms with van der Waals surface area (Å²) in [6, 6.07) is 29.8. The van der Waals surface area contributed by atoms with Crippen molar-refractivity contribution in [1.82, 2.24) is 0 Å². The van der Waals surface area contributed by atoms with Gasteiger partial charge in [-0.25, -0.2) is 14.4 Å². The van der Waals surface area contributed by atoms with Crippen LogP contribution in [0.3, 0.4) is 0 Å². The number of carbonyl (C=O) groups excluding carboxylic acids is 3. The Labute approximate surface area is 261 Å². The molecule has 45 heavy (non-hydrogen) atoms. The van der Waals surface area contributed by atoms with Crippen molar-refractivity contribution in [3.8, 4) is 0 Å². The van der Waals surface area contributed by atoms with E-state index < -0.39 is 59.3 Å². The highest BCUT2D eigenvalue weighted by Gasteiger charge is 2.52. The minimum absolute atomic E-state index is 0.133. The fraction of sp³-hybridized carbons (Fsp3) is 0.182. The number of thioether (sulfide) groups is 1. The van der Waals surface area contributed by atoms with Gasteiger partial charge < -0.3 is 24.1 Å². The number of rotatable bonds is 10. The van der Waals surface area contributed by atoms with Gasteiger partial charge in [-0.1, -0.05) is 66.4 Å². The van der Waals surface area contributed by atoms with E-state index in [1.165, 1.54) is 48.5 Å². The van der Waals surface area contributed by atoms with Gasteiger partial charge in [-0.05, 0) is 48.5 Å². The number of nitro groups is 1. The third-order valence-corrected chi connectivity index (χ3v) is 7.98. The molecule has 0 saturated carbocycles. The molecule has 0 radical (unpaired) electrons. The second-order valence-electron chi connectivity index (χ2n) is 9.80. The maximum atomic E-state index is 13.4. The molecule has 0 aliphatic carbocycles. The van der Waals surface area contributed by atoms with Gasteiger partial charge >= 0.3 is 17.9 Å². The molecule has 4 aromatic rings. The molecule has 0 amide bonds. The van der Waals surface area contributed by atoms with Crippen LogP contribution in [0.25, 0.3) is 0 Å². The van der Waals surface area contributed by atoms with Gasteiger partial charge in [-0.2, -0.15) is 0 Å². The fourth-order valence-corrected chi connectivity index (χ4v) is 5.70. The Morgan fingerprint density at radius 2 is 1.09 bits per heavy atom. The van der Waals surface area contributed by atoms with Crippen LogP contribution in [0.2, 0.25) is 0 Å². The molecule has 1 aliphatic rings. The maximum Gasteiger partial charge on any atom is 0.338 e. The Hall–Kier alpha value is -5.04. The lowest BCUT2D eigenvalue weighted by atomic mass is 9.98. The van der Waals surface area contributed by atoms with Crippen LogP contribution in [0.15, 0.2) is 120 Å². The molecule has 0 bridgehead atoms. The van der Waals surface area contributed by atoms with Crippen LogP contribution in [0.4, 0.5) is 5.69 Å². The topological polar surface area (TPSA) is 152 Å². The van der Waals surface area contributed by atoms with Gasteiger partial charge in [0.25, 0.3) is 5.69 Å². The summed E-state index contributed by atoms with van der Waals surface area (Å²) in [4.78, 5) is 51.1. The summed E-state index contributed by atoms with van der Waals surface area (Å²) in [6.07, 6.45) is -5.44. The molecule has 12 heteroatoms. The van der Waals surface area contributed by atoms with E-state index in [9.17, 15) is 29.6 Å². The molecule has 1 heterocycles. The average Bonchev–Trinajstić information content (AvgIpc) is 3.08. The number of esters is 3. The molecule has 5 rings (SSSR count). The predicted molar refractivity (Wildman–Crippen MR) is 162 cm³/mol. The van der Waals surface area contributed by atoms with Crippen LogP contribution < -0.4 is 0 Å². The molecule has 1 N–H and O–H groups in total. The molecule has 1 aliphatic heterocycles. The summed E-state index contributed by atoms with van der Waals surface area (Å²) in [7, 11) is 0. The van der Waals surface area contributed by atoms with Gasteiger partial charge in [0, 0.05) is 17.0 Å². The SMILES string of the molecule is O=C(O[C@H]1[C@@H](OC(=O)c2ccccc2)[C@@H](CO)O[C@@H](Sc2ccc([N+](=O)[O-])cc2)[C@@H]1OC(=O)c1ccccc1)c1ccccc1. The number of aliphatic hydroxyl groups excluding tert-OH is 1. The molecule has 230 valence electrons. The van der Waals surface area contributed by atoms with E-state index in [4.69, 9.17) is 18.9 Å². The van der Waals surface area contributed by atoms with E-state index in [-0.39, 0.29) is 22.4 Å². The zero-order chi connectivity index (χ0) is 31.8. The minimum atomic E-state index is -1.44. The van der Waals surface area contributed by atoms with E-state index in [2.05, 4.69) is 0 Å². The normalized spacial score (nSPS) is 20.9. The second kappa shape index (κ2) is 14.6. The average molecular weight is 630 g/mol. The lowest BCUT2D eigenvalue weighted by molar-refractivity contribution is -0.384. The van der Waals surface area contributed by atoms with E-state index in [1.54, 1.807) is 66.7 Å². The van der Waals surface area contributed by atoms with Crippen molar-refractivity contribution in [2.45, 2.75) is 34.7 Å². The number of hydrogen-bond donors (Lipinski definition) is 1. The minimum Gasteiger partial charge on any atom is -0.452 e. The molecule has 1 fully saturated rings. The third kappa shape index (κ3) is 7.73. The number of nitrogens with zero attached hydrogens (tertiary/aromatic N) is 1. The van der Waals surface area contributed by atoms with Crippen LogP contribution >= 0.6 is 11.8 Å². The number of benzene rings is 4. The van der Waals surface area contributed by atoms with Gasteiger partial charge in [0.1, 0.15) is 11.5 Å². The lowest BCUT2D eigenvalue weighted by Gasteiger charge is -2.44. The Morgan fingerprint density at radius 3 is 1.51 bits per heavy atom. The van der Waals surface area contributed by atoms with Crippen LogP contribution in [-0.4, -0.2) is 64.4 Å². The standard InChI is InChI=1S/C33H27NO10S/c35-20-26-27(42-30(36)21-10-4-1-5-11-21)28(43-31(37)22-12-6-2-7-13-22)29(44-32(38)23-14-8-3-9-15-23)33(41-26)45-25-18-16-24(17-19-25)34(39)40/h1-19,26-29,33,35H,20H2/t26-,27+,28+,29-,33+/m1/s1. The van der Waals surface area contributed by atoms with E-state index in [0.29, 0.717) is 4.90 Å². The number of nitro benzene ring substituents is 1. The van der Waals surface area contributed by atoms with Crippen LogP contribution in [0.1, 0.15) is 31.1 Å². The van der Waals surface area contributed by atoms with Crippen molar-refractivity contribution in [2.24, 2.45) is 0 Å². The molecule has 5 atom stereocenters. The van der Waals surface area contributed by atoms with Crippen molar-refractivity contribution in [1.29, 1.82) is 0 Å². The Morgan fingerprint density at radius 1 is 0.667 bits per heavy atom. The highest BCUT2D eigenvalue weighted by molar-refractivity contribution is 7.99. The Bertz CT molecular complexity index is 1620. The molecule has 4 aromatic carbocycles. The van der Waals surface area contributed by atoms with Gasteiger partial charge in [-0.3, -0.25) is 10.1 Å². The summed E-state index contributed by atoms with van der Waals surface area (Å²) in [6.45, 7) is -0.650. The summed E-state index contributed by atoms with van der Waals surface area (Å²) in [5, 5.41) is 21.6. The Kier molecular flexibility index (Phi) is 10.2. The first-order valence-corrected chi connectivity index (χ1v) is 14.7. The lowest BCUT2D eigenvalue weighted by Crippen LogP contribution is -2.61. The van der Waals surface area contributed by atoms with Crippen molar-refractivity contribution < 1.29 is 43.4 Å². The highest BCUT2D eigenvalue weighted by atomic mass is 32.2.